The fraction of sp³-hybridized carbons (Fsp3) is 0.435. The summed E-state index contributed by atoms with van der Waals surface area (Å²) in [5.74, 6) is 0.435. The van der Waals surface area contributed by atoms with Crippen LogP contribution in [0.15, 0.2) is 58.3 Å². The molecule has 0 saturated heterocycles. The highest BCUT2D eigenvalue weighted by Crippen LogP contribution is 2.31. The molecule has 0 saturated carbocycles. The average Bonchev–Trinajstić information content (AvgIpc) is 2.66. The number of unbranched alkanes of at least 4 members (excludes halogenated alkanes) is 4. The molecule has 1 N–H and O–H groups in total. The highest BCUT2D eigenvalue weighted by molar-refractivity contribution is 7.99. The molecule has 0 aliphatic heterocycles. The van der Waals surface area contributed by atoms with Gasteiger partial charge in [-0.25, -0.2) is 0 Å². The van der Waals surface area contributed by atoms with Gasteiger partial charge in [0.2, 0.25) is 0 Å². The van der Waals surface area contributed by atoms with Crippen LogP contribution >= 0.6 is 11.8 Å². The first-order valence-electron chi connectivity index (χ1n) is 10.0. The number of rotatable bonds is 12. The lowest BCUT2D eigenvalue weighted by atomic mass is 10.1. The Hall–Kier alpha value is -1.94. The van der Waals surface area contributed by atoms with Crippen molar-refractivity contribution in [2.75, 3.05) is 11.9 Å². The summed E-state index contributed by atoms with van der Waals surface area (Å²) in [4.78, 5) is 13.9. The van der Waals surface area contributed by atoms with E-state index in [4.69, 9.17) is 4.74 Å². The minimum Gasteiger partial charge on any atom is -0.426 e. The first-order chi connectivity index (χ1) is 13.2. The molecule has 0 heterocycles. The smallest absolute Gasteiger partial charge is 0.311 e. The molecule has 3 nitrogen and oxygen atoms in total. The molecule has 0 atom stereocenters. The topological polar surface area (TPSA) is 38.3 Å². The maximum absolute atomic E-state index is 11.6. The zero-order chi connectivity index (χ0) is 19.3. The van der Waals surface area contributed by atoms with Gasteiger partial charge in [0, 0.05) is 28.4 Å². The van der Waals surface area contributed by atoms with Gasteiger partial charge in [-0.1, -0.05) is 57.4 Å². The molecule has 2 aromatic rings. The van der Waals surface area contributed by atoms with Gasteiger partial charge in [-0.2, -0.15) is 0 Å². The van der Waals surface area contributed by atoms with Crippen molar-refractivity contribution < 1.29 is 9.53 Å². The predicted molar refractivity (Wildman–Crippen MR) is 115 cm³/mol. The quantitative estimate of drug-likeness (QED) is 0.244. The molecular weight excluding hydrogens is 354 g/mol. The Morgan fingerprint density at radius 2 is 1.70 bits per heavy atom. The second kappa shape index (κ2) is 12.4. The molecule has 0 radical (unpaired) electrons. The minimum atomic E-state index is -0.176. The summed E-state index contributed by atoms with van der Waals surface area (Å²) >= 11 is 1.67. The Bertz CT molecular complexity index is 685. The SMILES string of the molecule is CCCCCCCNc1ccc(Sc2cccc(OC(=O)CCC)c2)cc1. The van der Waals surface area contributed by atoms with Crippen LogP contribution in [0.1, 0.15) is 58.8 Å². The molecule has 0 amide bonds. The number of benzene rings is 2. The van der Waals surface area contributed by atoms with E-state index in [2.05, 4.69) is 36.5 Å². The Labute approximate surface area is 167 Å². The van der Waals surface area contributed by atoms with E-state index in [1.165, 1.54) is 37.0 Å². The van der Waals surface area contributed by atoms with E-state index in [0.717, 1.165) is 23.5 Å². The van der Waals surface area contributed by atoms with Crippen LogP contribution in [0.25, 0.3) is 0 Å². The molecule has 0 aliphatic carbocycles. The van der Waals surface area contributed by atoms with E-state index in [9.17, 15) is 4.79 Å². The fourth-order valence-corrected chi connectivity index (χ4v) is 3.59. The molecular formula is C23H31NO2S. The van der Waals surface area contributed by atoms with Gasteiger partial charge in [0.05, 0.1) is 0 Å². The van der Waals surface area contributed by atoms with E-state index in [1.54, 1.807) is 11.8 Å². The van der Waals surface area contributed by atoms with Gasteiger partial charge in [0.1, 0.15) is 5.75 Å². The Balaban J connectivity index is 1.81. The van der Waals surface area contributed by atoms with Crippen molar-refractivity contribution in [3.63, 3.8) is 0 Å². The van der Waals surface area contributed by atoms with Crippen molar-refractivity contribution in [3.8, 4) is 5.75 Å². The van der Waals surface area contributed by atoms with Gasteiger partial charge in [0.25, 0.3) is 0 Å². The molecule has 2 rings (SSSR count). The Morgan fingerprint density at radius 1 is 0.926 bits per heavy atom. The maximum Gasteiger partial charge on any atom is 0.311 e. The number of nitrogens with one attached hydrogen (secondary N) is 1. The van der Waals surface area contributed by atoms with Crippen molar-refractivity contribution in [3.05, 3.63) is 48.5 Å². The van der Waals surface area contributed by atoms with Gasteiger partial charge in [-0.15, -0.1) is 0 Å². The van der Waals surface area contributed by atoms with Gasteiger partial charge in [-0.3, -0.25) is 4.79 Å². The minimum absolute atomic E-state index is 0.176. The summed E-state index contributed by atoms with van der Waals surface area (Å²) in [5, 5.41) is 3.49. The molecule has 0 aromatic heterocycles. The third-order valence-corrected chi connectivity index (χ3v) is 5.19. The molecule has 2 aromatic carbocycles. The van der Waals surface area contributed by atoms with Crippen molar-refractivity contribution in [2.45, 2.75) is 68.6 Å². The van der Waals surface area contributed by atoms with Crippen LogP contribution in [0.4, 0.5) is 5.69 Å². The molecule has 0 aliphatic rings. The number of hydrogen-bond acceptors (Lipinski definition) is 4. The van der Waals surface area contributed by atoms with E-state index in [-0.39, 0.29) is 5.97 Å². The van der Waals surface area contributed by atoms with Crippen molar-refractivity contribution in [1.82, 2.24) is 0 Å². The first kappa shape index (κ1) is 21.4. The van der Waals surface area contributed by atoms with Gasteiger partial charge in [0.15, 0.2) is 0 Å². The van der Waals surface area contributed by atoms with E-state index >= 15 is 0 Å². The number of anilines is 1. The molecule has 0 spiro atoms. The number of ether oxygens (including phenoxy) is 1. The summed E-state index contributed by atoms with van der Waals surface area (Å²) in [5.41, 5.74) is 1.16. The molecule has 0 bridgehead atoms. The average molecular weight is 386 g/mol. The lowest BCUT2D eigenvalue weighted by Gasteiger charge is -2.08. The van der Waals surface area contributed by atoms with Gasteiger partial charge >= 0.3 is 5.97 Å². The van der Waals surface area contributed by atoms with Crippen LogP contribution in [0.5, 0.6) is 5.75 Å². The summed E-state index contributed by atoms with van der Waals surface area (Å²) in [6.45, 7) is 5.24. The van der Waals surface area contributed by atoms with Gasteiger partial charge in [-0.05, 0) is 55.3 Å². The van der Waals surface area contributed by atoms with Crippen molar-refractivity contribution in [1.29, 1.82) is 0 Å². The highest BCUT2D eigenvalue weighted by atomic mass is 32.2. The maximum atomic E-state index is 11.6. The summed E-state index contributed by atoms with van der Waals surface area (Å²) in [7, 11) is 0. The molecule has 146 valence electrons. The second-order valence-corrected chi connectivity index (χ2v) is 7.81. The normalized spacial score (nSPS) is 10.6. The number of carbonyl (C=O) groups is 1. The largest absolute Gasteiger partial charge is 0.426 e. The Morgan fingerprint density at radius 3 is 2.44 bits per heavy atom. The van der Waals surface area contributed by atoms with Crippen LogP contribution < -0.4 is 10.1 Å². The zero-order valence-electron chi connectivity index (χ0n) is 16.5. The molecule has 0 unspecified atom stereocenters. The molecule has 0 fully saturated rings. The van der Waals surface area contributed by atoms with Crippen LogP contribution in [-0.4, -0.2) is 12.5 Å². The predicted octanol–water partition coefficient (Wildman–Crippen LogP) is 6.93. The van der Waals surface area contributed by atoms with E-state index in [0.29, 0.717) is 12.2 Å². The monoisotopic (exact) mass is 385 g/mol. The summed E-state index contributed by atoms with van der Waals surface area (Å²) in [6.07, 6.45) is 7.73. The lowest BCUT2D eigenvalue weighted by Crippen LogP contribution is -2.06. The van der Waals surface area contributed by atoms with Crippen LogP contribution in [0.2, 0.25) is 0 Å². The molecule has 4 heteroatoms. The third-order valence-electron chi connectivity index (χ3n) is 4.19. The van der Waals surface area contributed by atoms with Crippen molar-refractivity contribution in [2.24, 2.45) is 0 Å². The van der Waals surface area contributed by atoms with E-state index in [1.807, 2.05) is 31.2 Å². The van der Waals surface area contributed by atoms with Crippen molar-refractivity contribution >= 4 is 23.4 Å². The second-order valence-electron chi connectivity index (χ2n) is 6.67. The van der Waals surface area contributed by atoms with E-state index < -0.39 is 0 Å². The lowest BCUT2D eigenvalue weighted by molar-refractivity contribution is -0.134. The summed E-state index contributed by atoms with van der Waals surface area (Å²) < 4.78 is 5.37. The van der Waals surface area contributed by atoms with Crippen LogP contribution in [0, 0.1) is 0 Å². The number of esters is 1. The van der Waals surface area contributed by atoms with Gasteiger partial charge < -0.3 is 10.1 Å². The fourth-order valence-electron chi connectivity index (χ4n) is 2.73. The zero-order valence-corrected chi connectivity index (χ0v) is 17.3. The summed E-state index contributed by atoms with van der Waals surface area (Å²) in [6, 6.07) is 16.2. The third kappa shape index (κ3) is 8.53. The van der Waals surface area contributed by atoms with Crippen LogP contribution in [0.3, 0.4) is 0 Å². The van der Waals surface area contributed by atoms with Crippen LogP contribution in [-0.2, 0) is 4.79 Å². The molecule has 27 heavy (non-hydrogen) atoms. The number of hydrogen-bond donors (Lipinski definition) is 1. The first-order valence-corrected chi connectivity index (χ1v) is 10.9. The Kier molecular flexibility index (Phi) is 9.85. The number of carbonyl (C=O) groups excluding carboxylic acids is 1. The standard InChI is InChI=1S/C23H31NO2S/c1-3-5-6-7-8-17-24-19-13-15-21(16-14-19)27-22-12-9-11-20(18-22)26-23(25)10-4-2/h9,11-16,18,24H,3-8,10,17H2,1-2H3. The highest BCUT2D eigenvalue weighted by Gasteiger charge is 2.05.